The molecule has 1 aliphatic heterocycles. The highest BCUT2D eigenvalue weighted by Crippen LogP contribution is 2.21. The number of sulfonamides is 1. The van der Waals surface area contributed by atoms with Crippen LogP contribution in [0.15, 0.2) is 53.4 Å². The molecular formula is C19H22N2O4S. The normalized spacial score (nSPS) is 15.5. The first-order valence-corrected chi connectivity index (χ1v) is 10.1. The van der Waals surface area contributed by atoms with E-state index in [1.807, 2.05) is 0 Å². The third kappa shape index (κ3) is 4.05. The number of hydrogen-bond acceptors (Lipinski definition) is 4. The predicted molar refractivity (Wildman–Crippen MR) is 98.3 cm³/mol. The number of para-hydroxylation sites is 1. The number of phenols is 1. The number of phenolic OH excluding ortho intramolecular Hbond substituents is 1. The number of rotatable bonds is 5. The van der Waals surface area contributed by atoms with E-state index in [0.717, 1.165) is 19.3 Å². The molecule has 0 radical (unpaired) electrons. The Hall–Kier alpha value is -2.38. The maximum Gasteiger partial charge on any atom is 0.251 e. The summed E-state index contributed by atoms with van der Waals surface area (Å²) in [7, 11) is -3.58. The smallest absolute Gasteiger partial charge is 0.251 e. The fraction of sp³-hybridized carbons (Fsp3) is 0.316. The molecule has 0 aliphatic carbocycles. The van der Waals surface area contributed by atoms with Crippen molar-refractivity contribution in [1.29, 1.82) is 0 Å². The van der Waals surface area contributed by atoms with Gasteiger partial charge in [0.15, 0.2) is 0 Å². The van der Waals surface area contributed by atoms with Gasteiger partial charge in [-0.2, -0.15) is 4.31 Å². The van der Waals surface area contributed by atoms with Crippen LogP contribution in [0.2, 0.25) is 0 Å². The molecule has 6 nitrogen and oxygen atoms in total. The Morgan fingerprint density at radius 3 is 2.50 bits per heavy atom. The van der Waals surface area contributed by atoms with Gasteiger partial charge >= 0.3 is 0 Å². The zero-order valence-corrected chi connectivity index (χ0v) is 15.2. The lowest BCUT2D eigenvalue weighted by molar-refractivity contribution is 0.0950. The molecule has 0 bridgehead atoms. The van der Waals surface area contributed by atoms with Crippen LogP contribution in [-0.2, 0) is 16.6 Å². The highest BCUT2D eigenvalue weighted by molar-refractivity contribution is 7.89. The van der Waals surface area contributed by atoms with Crippen molar-refractivity contribution in [3.8, 4) is 5.75 Å². The highest BCUT2D eigenvalue weighted by Gasteiger charge is 2.26. The van der Waals surface area contributed by atoms with Gasteiger partial charge in [0, 0.05) is 30.8 Å². The molecule has 1 amide bonds. The molecular weight excluding hydrogens is 352 g/mol. The lowest BCUT2D eigenvalue weighted by Gasteiger charge is -2.26. The first kappa shape index (κ1) is 18.4. The average molecular weight is 374 g/mol. The van der Waals surface area contributed by atoms with Gasteiger partial charge in [0.2, 0.25) is 10.0 Å². The summed E-state index contributed by atoms with van der Waals surface area (Å²) in [5.74, 6) is -0.279. The third-order valence-corrected chi connectivity index (χ3v) is 6.37. The second kappa shape index (κ2) is 7.88. The topological polar surface area (TPSA) is 86.7 Å². The minimum absolute atomic E-state index is 0.106. The minimum atomic E-state index is -3.58. The van der Waals surface area contributed by atoms with Gasteiger partial charge in [0.05, 0.1) is 4.90 Å². The SMILES string of the molecule is O=C(NCc1ccccc1O)c1cccc(S(=O)(=O)N2CCCCC2)c1. The van der Waals surface area contributed by atoms with Gasteiger partial charge in [0.1, 0.15) is 5.75 Å². The van der Waals surface area contributed by atoms with Crippen LogP contribution < -0.4 is 5.32 Å². The molecule has 0 aromatic heterocycles. The number of piperidine rings is 1. The summed E-state index contributed by atoms with van der Waals surface area (Å²) < 4.78 is 27.0. The van der Waals surface area contributed by atoms with Crippen molar-refractivity contribution < 1.29 is 18.3 Å². The van der Waals surface area contributed by atoms with Crippen LogP contribution in [0.5, 0.6) is 5.75 Å². The number of nitrogens with one attached hydrogen (secondary N) is 1. The zero-order valence-electron chi connectivity index (χ0n) is 14.4. The molecule has 26 heavy (non-hydrogen) atoms. The maximum atomic E-state index is 12.7. The molecule has 2 aromatic carbocycles. The molecule has 1 fully saturated rings. The molecule has 138 valence electrons. The van der Waals surface area contributed by atoms with Crippen LogP contribution in [-0.4, -0.2) is 36.8 Å². The zero-order chi connectivity index (χ0) is 18.6. The summed E-state index contributed by atoms with van der Waals surface area (Å²) in [6, 6.07) is 12.8. The van der Waals surface area contributed by atoms with Crippen LogP contribution in [0.3, 0.4) is 0 Å². The van der Waals surface area contributed by atoms with Crippen molar-refractivity contribution in [1.82, 2.24) is 9.62 Å². The van der Waals surface area contributed by atoms with E-state index >= 15 is 0 Å². The average Bonchev–Trinajstić information content (AvgIpc) is 2.68. The lowest BCUT2D eigenvalue weighted by atomic mass is 10.2. The summed E-state index contributed by atoms with van der Waals surface area (Å²) in [4.78, 5) is 12.5. The molecule has 1 aliphatic rings. The molecule has 7 heteroatoms. The largest absolute Gasteiger partial charge is 0.508 e. The van der Waals surface area contributed by atoms with E-state index in [-0.39, 0.29) is 28.7 Å². The summed E-state index contributed by atoms with van der Waals surface area (Å²) in [5.41, 5.74) is 0.872. The van der Waals surface area contributed by atoms with Gasteiger partial charge in [-0.25, -0.2) is 8.42 Å². The Morgan fingerprint density at radius 2 is 1.77 bits per heavy atom. The maximum absolute atomic E-state index is 12.7. The van der Waals surface area contributed by atoms with Gasteiger partial charge in [-0.1, -0.05) is 30.7 Å². The van der Waals surface area contributed by atoms with Crippen molar-refractivity contribution in [2.45, 2.75) is 30.7 Å². The molecule has 1 heterocycles. The standard InChI is InChI=1S/C19H22N2O4S/c22-18-10-3-2-7-16(18)14-20-19(23)15-8-6-9-17(13-15)26(24,25)21-11-4-1-5-12-21/h2-3,6-10,13,22H,1,4-5,11-12,14H2,(H,20,23). The van der Waals surface area contributed by atoms with Gasteiger partial charge in [-0.3, -0.25) is 4.79 Å². The Labute approximate surface area is 153 Å². The van der Waals surface area contributed by atoms with E-state index in [9.17, 15) is 18.3 Å². The molecule has 0 saturated carbocycles. The van der Waals surface area contributed by atoms with E-state index in [1.165, 1.54) is 16.4 Å². The van der Waals surface area contributed by atoms with Crippen molar-refractivity contribution >= 4 is 15.9 Å². The fourth-order valence-corrected chi connectivity index (χ4v) is 4.55. The van der Waals surface area contributed by atoms with Gasteiger partial charge in [-0.15, -0.1) is 0 Å². The second-order valence-electron chi connectivity index (χ2n) is 6.30. The summed E-state index contributed by atoms with van der Waals surface area (Å²) in [6.07, 6.45) is 2.76. The van der Waals surface area contributed by atoms with E-state index in [1.54, 1.807) is 36.4 Å². The lowest BCUT2D eigenvalue weighted by Crippen LogP contribution is -2.35. The highest BCUT2D eigenvalue weighted by atomic mass is 32.2. The number of carbonyl (C=O) groups excluding carboxylic acids is 1. The van der Waals surface area contributed by atoms with Gasteiger partial charge in [0.25, 0.3) is 5.91 Å². The second-order valence-corrected chi connectivity index (χ2v) is 8.24. The van der Waals surface area contributed by atoms with Crippen molar-refractivity contribution in [3.63, 3.8) is 0 Å². The number of benzene rings is 2. The van der Waals surface area contributed by atoms with Gasteiger partial charge in [-0.05, 0) is 37.1 Å². The Kier molecular flexibility index (Phi) is 5.58. The fourth-order valence-electron chi connectivity index (χ4n) is 2.99. The Bertz CT molecular complexity index is 890. The number of aromatic hydroxyl groups is 1. The number of nitrogens with zero attached hydrogens (tertiary/aromatic N) is 1. The molecule has 0 spiro atoms. The van der Waals surface area contributed by atoms with Crippen LogP contribution in [0.1, 0.15) is 35.2 Å². The first-order valence-electron chi connectivity index (χ1n) is 8.64. The van der Waals surface area contributed by atoms with Crippen molar-refractivity contribution in [2.24, 2.45) is 0 Å². The first-order chi connectivity index (χ1) is 12.5. The quantitative estimate of drug-likeness (QED) is 0.842. The number of amides is 1. The van der Waals surface area contributed by atoms with Crippen LogP contribution >= 0.6 is 0 Å². The van der Waals surface area contributed by atoms with E-state index in [2.05, 4.69) is 5.32 Å². The summed E-state index contributed by atoms with van der Waals surface area (Å²) >= 11 is 0. The van der Waals surface area contributed by atoms with E-state index in [4.69, 9.17) is 0 Å². The molecule has 2 N–H and O–H groups in total. The van der Waals surface area contributed by atoms with E-state index < -0.39 is 10.0 Å². The van der Waals surface area contributed by atoms with Crippen molar-refractivity contribution in [3.05, 3.63) is 59.7 Å². The molecule has 0 atom stereocenters. The Morgan fingerprint density at radius 1 is 1.04 bits per heavy atom. The molecule has 3 rings (SSSR count). The summed E-state index contributed by atoms with van der Waals surface area (Å²) in [6.45, 7) is 1.20. The number of hydrogen-bond donors (Lipinski definition) is 2. The number of carbonyl (C=O) groups is 1. The third-order valence-electron chi connectivity index (χ3n) is 4.48. The van der Waals surface area contributed by atoms with Gasteiger partial charge < -0.3 is 10.4 Å². The Balaban J connectivity index is 1.74. The predicted octanol–water partition coefficient (Wildman–Crippen LogP) is 2.50. The molecule has 1 saturated heterocycles. The molecule has 0 unspecified atom stereocenters. The molecule has 2 aromatic rings. The van der Waals surface area contributed by atoms with Crippen molar-refractivity contribution in [2.75, 3.05) is 13.1 Å². The van der Waals surface area contributed by atoms with Crippen LogP contribution in [0.4, 0.5) is 0 Å². The summed E-state index contributed by atoms with van der Waals surface area (Å²) in [5, 5.41) is 12.5. The van der Waals surface area contributed by atoms with Crippen LogP contribution in [0.25, 0.3) is 0 Å². The van der Waals surface area contributed by atoms with Crippen LogP contribution in [0, 0.1) is 0 Å². The minimum Gasteiger partial charge on any atom is -0.508 e. The van der Waals surface area contributed by atoms with E-state index in [0.29, 0.717) is 18.7 Å². The monoisotopic (exact) mass is 374 g/mol.